The van der Waals surface area contributed by atoms with Crippen LogP contribution in [0.25, 0.3) is 0 Å². The van der Waals surface area contributed by atoms with Crippen LogP contribution in [-0.4, -0.2) is 12.1 Å². The number of rotatable bonds is 3. The Hall–Kier alpha value is -0.580. The van der Waals surface area contributed by atoms with Gasteiger partial charge in [0, 0.05) is 11.6 Å². The molecule has 1 atom stereocenters. The van der Waals surface area contributed by atoms with E-state index >= 15 is 0 Å². The largest absolute Gasteiger partial charge is 0.481 e. The zero-order valence-corrected chi connectivity index (χ0v) is 10.2. The quantitative estimate of drug-likeness (QED) is 0.904. The Labute approximate surface area is 101 Å². The molecule has 3 nitrogen and oxygen atoms in total. The van der Waals surface area contributed by atoms with Crippen LogP contribution in [0.15, 0.2) is 12.3 Å². The summed E-state index contributed by atoms with van der Waals surface area (Å²) in [7, 11) is 1.49. The van der Waals surface area contributed by atoms with Gasteiger partial charge in [-0.15, -0.1) is 24.8 Å². The molecule has 0 aliphatic rings. The topological polar surface area (TPSA) is 48.1 Å². The van der Waals surface area contributed by atoms with Gasteiger partial charge in [0.25, 0.3) is 0 Å². The van der Waals surface area contributed by atoms with Crippen molar-refractivity contribution in [1.29, 1.82) is 0 Å². The van der Waals surface area contributed by atoms with Crippen LogP contribution >= 0.6 is 24.8 Å². The van der Waals surface area contributed by atoms with Crippen molar-refractivity contribution in [3.63, 3.8) is 0 Å². The van der Waals surface area contributed by atoms with E-state index in [1.54, 1.807) is 0 Å². The number of nitrogens with two attached hydrogens (primary N) is 1. The van der Waals surface area contributed by atoms with E-state index < -0.39 is 0 Å². The Kier molecular flexibility index (Phi) is 8.62. The van der Waals surface area contributed by atoms with Gasteiger partial charge in [-0.25, -0.2) is 9.37 Å². The maximum atomic E-state index is 12.8. The van der Waals surface area contributed by atoms with Crippen molar-refractivity contribution in [3.05, 3.63) is 23.6 Å². The Morgan fingerprint density at radius 2 is 2.13 bits per heavy atom. The normalized spacial score (nSPS) is 10.9. The Morgan fingerprint density at radius 1 is 1.53 bits per heavy atom. The summed E-state index contributed by atoms with van der Waals surface area (Å²) >= 11 is 0. The standard InChI is InChI=1S/C9H13FN2O.2ClH/c1-3-8(11)7-4-6(10)5-12-9(7)13-2;;/h4-5,8H,3,11H2,1-2H3;2*1H. The molecule has 0 amide bonds. The summed E-state index contributed by atoms with van der Waals surface area (Å²) in [5.74, 6) is 0.00968. The summed E-state index contributed by atoms with van der Waals surface area (Å²) in [4.78, 5) is 3.79. The minimum atomic E-state index is -0.389. The van der Waals surface area contributed by atoms with E-state index in [1.165, 1.54) is 13.2 Å². The first kappa shape index (κ1) is 16.8. The number of ether oxygens (including phenoxy) is 1. The second-order valence-corrected chi connectivity index (χ2v) is 2.77. The average Bonchev–Trinajstić information content (AvgIpc) is 2.16. The summed E-state index contributed by atoms with van der Waals surface area (Å²) in [6.07, 6.45) is 1.84. The van der Waals surface area contributed by atoms with Gasteiger partial charge in [-0.3, -0.25) is 0 Å². The molecule has 0 radical (unpaired) electrons. The molecule has 0 aliphatic carbocycles. The number of hydrogen-bond acceptors (Lipinski definition) is 3. The number of methoxy groups -OCH3 is 1. The third-order valence-electron chi connectivity index (χ3n) is 1.88. The van der Waals surface area contributed by atoms with E-state index in [4.69, 9.17) is 10.5 Å². The molecule has 2 N–H and O–H groups in total. The lowest BCUT2D eigenvalue weighted by Crippen LogP contribution is -2.11. The second-order valence-electron chi connectivity index (χ2n) is 2.77. The van der Waals surface area contributed by atoms with E-state index in [9.17, 15) is 4.39 Å². The highest BCUT2D eigenvalue weighted by atomic mass is 35.5. The van der Waals surface area contributed by atoms with Crippen molar-refractivity contribution >= 4 is 24.8 Å². The molecule has 1 aromatic heterocycles. The van der Waals surface area contributed by atoms with Crippen LogP contribution in [0.4, 0.5) is 4.39 Å². The fourth-order valence-corrected chi connectivity index (χ4v) is 1.10. The number of halogens is 3. The molecule has 0 saturated heterocycles. The van der Waals surface area contributed by atoms with Crippen LogP contribution in [0, 0.1) is 5.82 Å². The highest BCUT2D eigenvalue weighted by molar-refractivity contribution is 5.85. The van der Waals surface area contributed by atoms with E-state index in [2.05, 4.69) is 4.98 Å². The first-order valence-corrected chi connectivity index (χ1v) is 4.14. The van der Waals surface area contributed by atoms with Crippen molar-refractivity contribution < 1.29 is 9.13 Å². The monoisotopic (exact) mass is 256 g/mol. The first-order chi connectivity index (χ1) is 6.19. The Morgan fingerprint density at radius 3 is 2.60 bits per heavy atom. The van der Waals surface area contributed by atoms with Gasteiger partial charge in [-0.2, -0.15) is 0 Å². The molecule has 1 unspecified atom stereocenters. The minimum Gasteiger partial charge on any atom is -0.481 e. The van der Waals surface area contributed by atoms with Crippen molar-refractivity contribution in [2.24, 2.45) is 5.73 Å². The molecule has 0 aromatic carbocycles. The molecule has 0 aliphatic heterocycles. The highest BCUT2D eigenvalue weighted by Gasteiger charge is 2.12. The molecular formula is C9H15Cl2FN2O. The third-order valence-corrected chi connectivity index (χ3v) is 1.88. The van der Waals surface area contributed by atoms with Crippen LogP contribution in [0.5, 0.6) is 5.88 Å². The molecule has 88 valence electrons. The second kappa shape index (κ2) is 7.68. The summed E-state index contributed by atoms with van der Waals surface area (Å²) in [6.45, 7) is 1.93. The molecule has 15 heavy (non-hydrogen) atoms. The maximum absolute atomic E-state index is 12.8. The molecule has 0 saturated carbocycles. The van der Waals surface area contributed by atoms with Gasteiger partial charge >= 0.3 is 0 Å². The predicted molar refractivity (Wildman–Crippen MR) is 62.5 cm³/mol. The van der Waals surface area contributed by atoms with Crippen molar-refractivity contribution in [2.75, 3.05) is 7.11 Å². The number of aromatic nitrogens is 1. The summed E-state index contributed by atoms with van der Waals surface area (Å²) in [5, 5.41) is 0. The predicted octanol–water partition coefficient (Wildman–Crippen LogP) is 2.48. The molecular weight excluding hydrogens is 242 g/mol. The van der Waals surface area contributed by atoms with Gasteiger partial charge < -0.3 is 10.5 Å². The lowest BCUT2D eigenvalue weighted by Gasteiger charge is -2.12. The molecule has 1 aromatic rings. The first-order valence-electron chi connectivity index (χ1n) is 4.14. The van der Waals surface area contributed by atoms with Gasteiger partial charge in [-0.1, -0.05) is 6.92 Å². The molecule has 0 fully saturated rings. The van der Waals surface area contributed by atoms with Gasteiger partial charge in [0.15, 0.2) is 0 Å². The molecule has 1 rings (SSSR count). The average molecular weight is 257 g/mol. The lowest BCUT2D eigenvalue weighted by atomic mass is 10.1. The Balaban J connectivity index is 0. The highest BCUT2D eigenvalue weighted by Crippen LogP contribution is 2.23. The van der Waals surface area contributed by atoms with E-state index in [0.29, 0.717) is 11.4 Å². The molecule has 1 heterocycles. The van der Waals surface area contributed by atoms with Crippen LogP contribution in [0.1, 0.15) is 24.9 Å². The van der Waals surface area contributed by atoms with Crippen molar-refractivity contribution in [1.82, 2.24) is 4.98 Å². The zero-order valence-electron chi connectivity index (χ0n) is 8.57. The van der Waals surface area contributed by atoms with Gasteiger partial charge in [0.05, 0.1) is 13.3 Å². The lowest BCUT2D eigenvalue weighted by molar-refractivity contribution is 0.385. The number of hydrogen-bond donors (Lipinski definition) is 1. The minimum absolute atomic E-state index is 0. The Bertz CT molecular complexity index is 299. The van der Waals surface area contributed by atoms with E-state index in [1.807, 2.05) is 6.92 Å². The number of pyridine rings is 1. The SMILES string of the molecule is CCC(N)c1cc(F)cnc1OC.Cl.Cl. The van der Waals surface area contributed by atoms with Gasteiger partial charge in [0.2, 0.25) is 5.88 Å². The molecule has 0 spiro atoms. The fraction of sp³-hybridized carbons (Fsp3) is 0.444. The van der Waals surface area contributed by atoms with Crippen molar-refractivity contribution in [2.45, 2.75) is 19.4 Å². The summed E-state index contributed by atoms with van der Waals surface area (Å²) in [5.41, 5.74) is 6.37. The van der Waals surface area contributed by atoms with Crippen LogP contribution in [0.2, 0.25) is 0 Å². The zero-order chi connectivity index (χ0) is 9.84. The van der Waals surface area contributed by atoms with Crippen molar-refractivity contribution in [3.8, 4) is 5.88 Å². The smallest absolute Gasteiger partial charge is 0.218 e. The van der Waals surface area contributed by atoms with E-state index in [0.717, 1.165) is 12.6 Å². The van der Waals surface area contributed by atoms with E-state index in [-0.39, 0.29) is 36.7 Å². The van der Waals surface area contributed by atoms with Crippen LogP contribution < -0.4 is 10.5 Å². The summed E-state index contributed by atoms with van der Waals surface area (Å²) < 4.78 is 17.8. The van der Waals surface area contributed by atoms with Gasteiger partial charge in [0.1, 0.15) is 5.82 Å². The summed E-state index contributed by atoms with van der Waals surface area (Å²) in [6, 6.07) is 1.14. The van der Waals surface area contributed by atoms with Crippen LogP contribution in [-0.2, 0) is 0 Å². The molecule has 6 heteroatoms. The van der Waals surface area contributed by atoms with Gasteiger partial charge in [-0.05, 0) is 12.5 Å². The maximum Gasteiger partial charge on any atom is 0.218 e. The third kappa shape index (κ3) is 4.20. The number of nitrogens with zero attached hydrogens (tertiary/aromatic N) is 1. The fourth-order valence-electron chi connectivity index (χ4n) is 1.10. The van der Waals surface area contributed by atoms with Crippen LogP contribution in [0.3, 0.4) is 0 Å². The molecule has 0 bridgehead atoms.